The van der Waals surface area contributed by atoms with Crippen LogP contribution in [-0.4, -0.2) is 14.8 Å². The van der Waals surface area contributed by atoms with Crippen molar-refractivity contribution in [3.63, 3.8) is 0 Å². The van der Waals surface area contributed by atoms with Crippen molar-refractivity contribution in [2.24, 2.45) is 7.05 Å². The molecule has 3 N–H and O–H groups in total. The summed E-state index contributed by atoms with van der Waals surface area (Å²) in [7, 11) is 1.88. The van der Waals surface area contributed by atoms with Gasteiger partial charge in [0.05, 0.1) is 29.1 Å². The molecule has 2 heterocycles. The number of hydrogen-bond donors (Lipinski definition) is 2. The molecule has 0 saturated carbocycles. The van der Waals surface area contributed by atoms with Gasteiger partial charge in [-0.25, -0.2) is 4.98 Å². The van der Waals surface area contributed by atoms with Crippen molar-refractivity contribution in [3.05, 3.63) is 35.2 Å². The summed E-state index contributed by atoms with van der Waals surface area (Å²) in [4.78, 5) is 4.11. The number of nitrogen functional groups attached to an aromatic ring is 1. The molecule has 0 aliphatic carbocycles. The van der Waals surface area contributed by atoms with Crippen molar-refractivity contribution in [2.45, 2.75) is 6.54 Å². The molecule has 0 unspecified atom stereocenters. The highest BCUT2D eigenvalue weighted by molar-refractivity contribution is 6.33. The normalized spacial score (nSPS) is 10.4. The van der Waals surface area contributed by atoms with E-state index in [-0.39, 0.29) is 0 Å². The third-order valence-corrected chi connectivity index (χ3v) is 2.51. The Bertz CT molecular complexity index is 494. The lowest BCUT2D eigenvalue weighted by molar-refractivity contribution is 0.720. The number of pyridine rings is 1. The summed E-state index contributed by atoms with van der Waals surface area (Å²) in [6.45, 7) is 0.618. The van der Waals surface area contributed by atoms with Crippen LogP contribution in [0.2, 0.25) is 5.02 Å². The van der Waals surface area contributed by atoms with E-state index in [0.717, 1.165) is 5.69 Å². The van der Waals surface area contributed by atoms with Gasteiger partial charge in [-0.15, -0.1) is 0 Å². The minimum absolute atomic E-state index is 0.516. The number of aryl methyl sites for hydroxylation is 1. The number of nitrogens with two attached hydrogens (primary N) is 1. The Balaban J connectivity index is 2.08. The molecule has 0 fully saturated rings. The smallest absolute Gasteiger partial charge is 0.145 e. The summed E-state index contributed by atoms with van der Waals surface area (Å²) >= 11 is 5.98. The summed E-state index contributed by atoms with van der Waals surface area (Å²) < 4.78 is 1.79. The molecule has 5 nitrogen and oxygen atoms in total. The molecule has 6 heteroatoms. The van der Waals surface area contributed by atoms with Crippen molar-refractivity contribution >= 4 is 23.1 Å². The van der Waals surface area contributed by atoms with Crippen LogP contribution in [0, 0.1) is 0 Å². The first-order valence-corrected chi connectivity index (χ1v) is 5.16. The molecule has 2 aromatic heterocycles. The summed E-state index contributed by atoms with van der Waals surface area (Å²) in [5, 5.41) is 7.71. The Kier molecular flexibility index (Phi) is 2.96. The molecular weight excluding hydrogens is 226 g/mol. The predicted molar refractivity (Wildman–Crippen MR) is 64.2 cm³/mol. The zero-order valence-electron chi connectivity index (χ0n) is 8.81. The number of hydrogen-bond acceptors (Lipinski definition) is 4. The van der Waals surface area contributed by atoms with E-state index in [2.05, 4.69) is 15.4 Å². The van der Waals surface area contributed by atoms with Gasteiger partial charge in [0, 0.05) is 13.2 Å². The highest BCUT2D eigenvalue weighted by atomic mass is 35.5. The minimum atomic E-state index is 0.516. The van der Waals surface area contributed by atoms with Crippen LogP contribution >= 0.6 is 11.6 Å². The van der Waals surface area contributed by atoms with Crippen LogP contribution in [0.5, 0.6) is 0 Å². The first-order valence-electron chi connectivity index (χ1n) is 4.78. The van der Waals surface area contributed by atoms with Crippen LogP contribution in [0.15, 0.2) is 24.5 Å². The van der Waals surface area contributed by atoms with Gasteiger partial charge in [-0.3, -0.25) is 4.68 Å². The highest BCUT2D eigenvalue weighted by Gasteiger charge is 2.03. The van der Waals surface area contributed by atoms with Gasteiger partial charge in [-0.05, 0) is 12.1 Å². The number of nitrogens with one attached hydrogen (secondary N) is 1. The Morgan fingerprint density at radius 1 is 1.56 bits per heavy atom. The third-order valence-electron chi connectivity index (χ3n) is 2.22. The fourth-order valence-electron chi connectivity index (χ4n) is 1.33. The highest BCUT2D eigenvalue weighted by Crippen LogP contribution is 2.21. The third kappa shape index (κ3) is 2.25. The fraction of sp³-hybridized carbons (Fsp3) is 0.200. The van der Waals surface area contributed by atoms with E-state index >= 15 is 0 Å². The van der Waals surface area contributed by atoms with E-state index in [1.165, 1.54) is 0 Å². The number of halogens is 1. The van der Waals surface area contributed by atoms with E-state index < -0.39 is 0 Å². The Morgan fingerprint density at radius 2 is 2.38 bits per heavy atom. The van der Waals surface area contributed by atoms with Gasteiger partial charge in [0.2, 0.25) is 0 Å². The average molecular weight is 238 g/mol. The number of aromatic nitrogens is 3. The summed E-state index contributed by atoms with van der Waals surface area (Å²) in [6.07, 6.45) is 3.31. The van der Waals surface area contributed by atoms with E-state index in [1.54, 1.807) is 23.1 Å². The topological polar surface area (TPSA) is 68.8 Å². The number of rotatable bonds is 3. The number of anilines is 2. The largest absolute Gasteiger partial charge is 0.397 e. The molecule has 0 spiro atoms. The monoisotopic (exact) mass is 237 g/mol. The summed E-state index contributed by atoms with van der Waals surface area (Å²) in [5.41, 5.74) is 7.16. The molecule has 0 saturated heterocycles. The molecule has 84 valence electrons. The average Bonchev–Trinajstić information content (AvgIpc) is 2.63. The van der Waals surface area contributed by atoms with Gasteiger partial charge in [-0.1, -0.05) is 11.6 Å². The van der Waals surface area contributed by atoms with Gasteiger partial charge in [0.15, 0.2) is 0 Å². The Morgan fingerprint density at radius 3 is 3.00 bits per heavy atom. The maximum absolute atomic E-state index is 5.98. The van der Waals surface area contributed by atoms with Crippen LogP contribution in [0.25, 0.3) is 0 Å². The lowest BCUT2D eigenvalue weighted by Crippen LogP contribution is -2.07. The van der Waals surface area contributed by atoms with Crippen molar-refractivity contribution in [2.75, 3.05) is 11.1 Å². The molecule has 0 atom stereocenters. The molecule has 0 amide bonds. The Hall–Kier alpha value is -1.75. The molecule has 0 aliphatic heterocycles. The predicted octanol–water partition coefficient (Wildman–Crippen LogP) is 1.66. The van der Waals surface area contributed by atoms with Gasteiger partial charge >= 0.3 is 0 Å². The molecular formula is C10H12ClN5. The van der Waals surface area contributed by atoms with Crippen LogP contribution in [0.3, 0.4) is 0 Å². The van der Waals surface area contributed by atoms with Gasteiger partial charge < -0.3 is 11.1 Å². The molecule has 0 radical (unpaired) electrons. The minimum Gasteiger partial charge on any atom is -0.397 e. The first kappa shape index (κ1) is 10.8. The molecule has 2 aromatic rings. The van der Waals surface area contributed by atoms with Gasteiger partial charge in [0.25, 0.3) is 0 Å². The fourth-order valence-corrected chi connectivity index (χ4v) is 1.57. The van der Waals surface area contributed by atoms with Crippen LogP contribution < -0.4 is 11.1 Å². The van der Waals surface area contributed by atoms with Crippen LogP contribution in [0.1, 0.15) is 5.69 Å². The number of nitrogens with zero attached hydrogens (tertiary/aromatic N) is 3. The zero-order chi connectivity index (χ0) is 11.5. The maximum Gasteiger partial charge on any atom is 0.145 e. The lowest BCUT2D eigenvalue weighted by atomic mass is 10.4. The second-order valence-corrected chi connectivity index (χ2v) is 3.81. The summed E-state index contributed by atoms with van der Waals surface area (Å²) in [6, 6.07) is 3.60. The van der Waals surface area contributed by atoms with Crippen molar-refractivity contribution in [3.8, 4) is 0 Å². The quantitative estimate of drug-likeness (QED) is 0.852. The maximum atomic E-state index is 5.98. The standard InChI is InChI=1S/C10H12ClN5/c1-16-8(2-3-15-16)6-14-10-9(11)4-7(12)5-13-10/h2-5H,6,12H2,1H3,(H,13,14). The van der Waals surface area contributed by atoms with E-state index in [0.29, 0.717) is 23.1 Å². The van der Waals surface area contributed by atoms with E-state index in [4.69, 9.17) is 17.3 Å². The second-order valence-electron chi connectivity index (χ2n) is 3.40. The van der Waals surface area contributed by atoms with Crippen molar-refractivity contribution < 1.29 is 0 Å². The van der Waals surface area contributed by atoms with Crippen molar-refractivity contribution in [1.29, 1.82) is 0 Å². The first-order chi connectivity index (χ1) is 7.66. The van der Waals surface area contributed by atoms with Crippen LogP contribution in [-0.2, 0) is 13.6 Å². The molecule has 0 aliphatic rings. The summed E-state index contributed by atoms with van der Waals surface area (Å²) in [5.74, 6) is 0.622. The molecule has 16 heavy (non-hydrogen) atoms. The van der Waals surface area contributed by atoms with Gasteiger partial charge in [0.1, 0.15) is 5.82 Å². The van der Waals surface area contributed by atoms with Crippen LogP contribution in [0.4, 0.5) is 11.5 Å². The second kappa shape index (κ2) is 4.40. The lowest BCUT2D eigenvalue weighted by Gasteiger charge is -2.07. The van der Waals surface area contributed by atoms with E-state index in [9.17, 15) is 0 Å². The molecule has 0 bridgehead atoms. The SMILES string of the molecule is Cn1nccc1CNc1ncc(N)cc1Cl. The molecule has 2 rings (SSSR count). The zero-order valence-corrected chi connectivity index (χ0v) is 9.57. The van der Waals surface area contributed by atoms with E-state index in [1.807, 2.05) is 13.1 Å². The molecule has 0 aromatic carbocycles. The Labute approximate surface area is 98.2 Å². The van der Waals surface area contributed by atoms with Gasteiger partial charge in [-0.2, -0.15) is 5.10 Å². The van der Waals surface area contributed by atoms with Crippen molar-refractivity contribution in [1.82, 2.24) is 14.8 Å².